The van der Waals surface area contributed by atoms with Crippen LogP contribution in [0.4, 0.5) is 5.82 Å². The van der Waals surface area contributed by atoms with Crippen molar-refractivity contribution in [3.63, 3.8) is 0 Å². The lowest BCUT2D eigenvalue weighted by Gasteiger charge is -2.32. The van der Waals surface area contributed by atoms with E-state index in [1.807, 2.05) is 48.1 Å². The Morgan fingerprint density at radius 3 is 2.65 bits per heavy atom. The maximum Gasteiger partial charge on any atom is 0.129 e. The van der Waals surface area contributed by atoms with Crippen molar-refractivity contribution < 1.29 is 4.74 Å². The van der Waals surface area contributed by atoms with Crippen molar-refractivity contribution in [3.8, 4) is 22.9 Å². The maximum atomic E-state index is 9.86. The van der Waals surface area contributed by atoms with E-state index < -0.39 is 5.54 Å². The molecule has 0 radical (unpaired) electrons. The van der Waals surface area contributed by atoms with Crippen LogP contribution >= 0.6 is 0 Å². The molecular formula is C32H29N7O. The van der Waals surface area contributed by atoms with Crippen LogP contribution in [0, 0.1) is 11.3 Å². The number of piperazine rings is 1. The zero-order chi connectivity index (χ0) is 27.3. The Morgan fingerprint density at radius 1 is 1.02 bits per heavy atom. The van der Waals surface area contributed by atoms with Gasteiger partial charge in [0.1, 0.15) is 23.7 Å². The van der Waals surface area contributed by atoms with Gasteiger partial charge in [-0.25, -0.2) is 9.97 Å². The Labute approximate surface area is 232 Å². The molecule has 3 aromatic carbocycles. The van der Waals surface area contributed by atoms with Gasteiger partial charge >= 0.3 is 0 Å². The molecule has 0 saturated carbocycles. The first kappa shape index (κ1) is 24.3. The largest absolute Gasteiger partial charge is 0.489 e. The van der Waals surface area contributed by atoms with Crippen molar-refractivity contribution in [1.82, 2.24) is 19.9 Å². The third-order valence-electron chi connectivity index (χ3n) is 8.13. The van der Waals surface area contributed by atoms with Gasteiger partial charge in [-0.05, 0) is 64.7 Å². The SMILES string of the molecule is Cn1cncc1C1(N)c2ccc(C#N)c(c2)COc2cccc(c2)-c2cc(N3CCNCC3)nc3ccc1cc23. The van der Waals surface area contributed by atoms with Crippen LogP contribution < -0.4 is 20.7 Å². The molecule has 8 nitrogen and oxygen atoms in total. The number of hydrogen-bond acceptors (Lipinski definition) is 7. The lowest BCUT2D eigenvalue weighted by atomic mass is 9.79. The lowest BCUT2D eigenvalue weighted by Crippen LogP contribution is -2.43. The Balaban J connectivity index is 1.54. The molecule has 1 atom stereocenters. The number of imidazole rings is 1. The number of benzene rings is 3. The topological polar surface area (TPSA) is 105 Å². The Hall–Kier alpha value is -4.71. The first-order valence-corrected chi connectivity index (χ1v) is 13.5. The van der Waals surface area contributed by atoms with Crippen LogP contribution in [-0.2, 0) is 19.2 Å². The van der Waals surface area contributed by atoms with Crippen LogP contribution in [0.2, 0.25) is 0 Å². The summed E-state index contributed by atoms with van der Waals surface area (Å²) in [6.45, 7) is 3.92. The number of hydrogen-bond donors (Lipinski definition) is 2. The normalized spacial score (nSPS) is 18.4. The van der Waals surface area contributed by atoms with Crippen LogP contribution in [-0.4, -0.2) is 40.7 Å². The Kier molecular flexibility index (Phi) is 5.77. The fraction of sp³-hybridized carbons (Fsp3) is 0.219. The van der Waals surface area contributed by atoms with Gasteiger partial charge in [0.2, 0.25) is 0 Å². The second-order valence-corrected chi connectivity index (χ2v) is 10.5. The van der Waals surface area contributed by atoms with Crippen molar-refractivity contribution in [2.75, 3.05) is 31.1 Å². The highest BCUT2D eigenvalue weighted by Crippen LogP contribution is 2.40. The van der Waals surface area contributed by atoms with Gasteiger partial charge in [-0.1, -0.05) is 24.3 Å². The molecule has 0 spiro atoms. The van der Waals surface area contributed by atoms with E-state index in [-0.39, 0.29) is 6.61 Å². The number of rotatable bonds is 2. The quantitative estimate of drug-likeness (QED) is 0.357. The monoisotopic (exact) mass is 527 g/mol. The average molecular weight is 528 g/mol. The van der Waals surface area contributed by atoms with Crippen LogP contribution in [0.15, 0.2) is 79.3 Å². The van der Waals surface area contributed by atoms with E-state index in [4.69, 9.17) is 15.5 Å². The van der Waals surface area contributed by atoms with E-state index in [0.717, 1.165) is 82.2 Å². The van der Waals surface area contributed by atoms with E-state index in [2.05, 4.69) is 57.7 Å². The number of nitrogens with zero attached hydrogens (tertiary/aromatic N) is 5. The number of nitrogens with two attached hydrogens (primary N) is 1. The number of anilines is 1. The fourth-order valence-electron chi connectivity index (χ4n) is 5.93. The van der Waals surface area contributed by atoms with E-state index in [9.17, 15) is 5.26 Å². The van der Waals surface area contributed by atoms with E-state index >= 15 is 0 Å². The first-order valence-electron chi connectivity index (χ1n) is 13.5. The van der Waals surface area contributed by atoms with Crippen LogP contribution in [0.1, 0.15) is 27.9 Å². The standard InChI is InChI=1S/C32H29N7O/c1-38-20-36-18-30(38)32(34)24-6-5-22(17-33)23(13-24)19-40-26-4-2-3-21(14-26)27-16-31(39-11-9-35-10-12-39)37-29-8-7-25(32)15-28(27)29/h2-8,13-16,18,20,35H,9-12,19,34H2,1H3. The summed E-state index contributed by atoms with van der Waals surface area (Å²) in [6, 6.07) is 24.7. The summed E-state index contributed by atoms with van der Waals surface area (Å²) in [5.41, 5.74) is 13.4. The summed E-state index contributed by atoms with van der Waals surface area (Å²) < 4.78 is 8.23. The Bertz CT molecular complexity index is 1800. The molecule has 2 aliphatic heterocycles. The van der Waals surface area contributed by atoms with Crippen LogP contribution in [0.5, 0.6) is 5.75 Å². The molecule has 8 heteroatoms. The minimum Gasteiger partial charge on any atom is -0.489 e. The molecule has 6 bridgehead atoms. The van der Waals surface area contributed by atoms with Crippen LogP contribution in [0.3, 0.4) is 0 Å². The van der Waals surface area contributed by atoms with Gasteiger partial charge in [0.25, 0.3) is 0 Å². The van der Waals surface area contributed by atoms with Gasteiger partial charge in [0, 0.05) is 44.2 Å². The molecule has 198 valence electrons. The summed E-state index contributed by atoms with van der Waals surface area (Å²) in [4.78, 5) is 11.8. The van der Waals surface area contributed by atoms with E-state index in [1.54, 1.807) is 6.33 Å². The van der Waals surface area contributed by atoms with Gasteiger partial charge in [-0.2, -0.15) is 5.26 Å². The molecule has 2 aliphatic rings. The molecule has 40 heavy (non-hydrogen) atoms. The average Bonchev–Trinajstić information content (AvgIpc) is 3.45. The minimum absolute atomic E-state index is 0.247. The molecule has 1 fully saturated rings. The summed E-state index contributed by atoms with van der Waals surface area (Å²) in [6.07, 6.45) is 3.57. The first-order chi connectivity index (χ1) is 19.5. The summed E-state index contributed by atoms with van der Waals surface area (Å²) >= 11 is 0. The highest BCUT2D eigenvalue weighted by molar-refractivity contribution is 5.97. The van der Waals surface area contributed by atoms with Crippen molar-refractivity contribution in [3.05, 3.63) is 107 Å². The van der Waals surface area contributed by atoms with Crippen molar-refractivity contribution in [2.45, 2.75) is 12.1 Å². The van der Waals surface area contributed by atoms with E-state index in [1.165, 1.54) is 0 Å². The molecule has 3 N–H and O–H groups in total. The van der Waals surface area contributed by atoms with Gasteiger partial charge in [0.15, 0.2) is 0 Å². The maximum absolute atomic E-state index is 9.86. The summed E-state index contributed by atoms with van der Waals surface area (Å²) in [7, 11) is 1.95. The zero-order valence-electron chi connectivity index (χ0n) is 22.3. The minimum atomic E-state index is -1.04. The zero-order valence-corrected chi connectivity index (χ0v) is 22.3. The summed E-state index contributed by atoms with van der Waals surface area (Å²) in [5, 5.41) is 14.3. The number of aryl methyl sites for hydroxylation is 1. The van der Waals surface area contributed by atoms with Gasteiger partial charge in [-0.15, -0.1) is 0 Å². The summed E-state index contributed by atoms with van der Waals surface area (Å²) in [5.74, 6) is 1.70. The predicted octanol–water partition coefficient (Wildman–Crippen LogP) is 4.06. The predicted molar refractivity (Wildman–Crippen MR) is 155 cm³/mol. The number of nitriles is 1. The van der Waals surface area contributed by atoms with Gasteiger partial charge < -0.3 is 25.3 Å². The molecule has 0 aliphatic carbocycles. The second kappa shape index (κ2) is 9.49. The van der Waals surface area contributed by atoms with Crippen LogP contribution in [0.25, 0.3) is 22.0 Å². The molecule has 7 rings (SSSR count). The number of nitrogens with one attached hydrogen (secondary N) is 1. The molecular weight excluding hydrogens is 498 g/mol. The number of ether oxygens (including phenoxy) is 1. The number of fused-ring (bicyclic) bond motifs is 6. The van der Waals surface area contributed by atoms with Gasteiger partial charge in [0.05, 0.1) is 35.4 Å². The third-order valence-corrected chi connectivity index (χ3v) is 8.13. The van der Waals surface area contributed by atoms with Crippen molar-refractivity contribution >= 4 is 16.7 Å². The van der Waals surface area contributed by atoms with Crippen molar-refractivity contribution in [1.29, 1.82) is 5.26 Å². The lowest BCUT2D eigenvalue weighted by molar-refractivity contribution is 0.306. The Morgan fingerprint density at radius 2 is 1.85 bits per heavy atom. The molecule has 2 aromatic heterocycles. The number of pyridine rings is 1. The highest BCUT2D eigenvalue weighted by Gasteiger charge is 2.36. The number of aromatic nitrogens is 3. The molecule has 1 saturated heterocycles. The molecule has 5 aromatic rings. The molecule has 1 unspecified atom stereocenters. The second-order valence-electron chi connectivity index (χ2n) is 10.5. The molecule has 0 amide bonds. The third kappa shape index (κ3) is 3.90. The van der Waals surface area contributed by atoms with Crippen molar-refractivity contribution in [2.24, 2.45) is 12.8 Å². The highest BCUT2D eigenvalue weighted by atomic mass is 16.5. The smallest absolute Gasteiger partial charge is 0.129 e. The fourth-order valence-corrected chi connectivity index (χ4v) is 5.93. The van der Waals surface area contributed by atoms with Gasteiger partial charge in [-0.3, -0.25) is 0 Å². The van der Waals surface area contributed by atoms with E-state index in [0.29, 0.717) is 5.56 Å². The molecule has 4 heterocycles.